The van der Waals surface area contributed by atoms with E-state index in [1.807, 2.05) is 37.3 Å². The molecule has 1 unspecified atom stereocenters. The Hall–Kier alpha value is -1.49. The first-order valence-corrected chi connectivity index (χ1v) is 7.88. The van der Waals surface area contributed by atoms with Crippen LogP contribution in [0.15, 0.2) is 47.2 Å². The summed E-state index contributed by atoms with van der Waals surface area (Å²) >= 11 is 13.8. The molecule has 6 heteroatoms. The Bertz CT molecular complexity index is 720. The summed E-state index contributed by atoms with van der Waals surface area (Å²) < 4.78 is 6.28. The van der Waals surface area contributed by atoms with Crippen LogP contribution in [0.4, 0.5) is 5.69 Å². The van der Waals surface area contributed by atoms with Gasteiger partial charge in [0, 0.05) is 11.1 Å². The van der Waals surface area contributed by atoms with Crippen molar-refractivity contribution in [3.63, 3.8) is 0 Å². The third-order valence-electron chi connectivity index (χ3n) is 3.11. The van der Waals surface area contributed by atoms with Crippen LogP contribution in [0.5, 0.6) is 0 Å². The van der Waals surface area contributed by atoms with E-state index < -0.39 is 0 Å². The molecule has 108 valence electrons. The molecule has 0 fully saturated rings. The van der Waals surface area contributed by atoms with Crippen LogP contribution in [0.25, 0.3) is 0 Å². The van der Waals surface area contributed by atoms with Crippen LogP contribution >= 0.6 is 34.5 Å². The van der Waals surface area contributed by atoms with E-state index in [-0.39, 0.29) is 6.04 Å². The van der Waals surface area contributed by atoms with Crippen LogP contribution in [0.3, 0.4) is 0 Å². The van der Waals surface area contributed by atoms with Crippen LogP contribution in [0.1, 0.15) is 22.2 Å². The summed E-state index contributed by atoms with van der Waals surface area (Å²) in [7, 11) is 0. The maximum absolute atomic E-state index is 6.20. The fourth-order valence-corrected chi connectivity index (χ4v) is 3.44. The number of nitrogens with one attached hydrogen (secondary N) is 1. The molecule has 1 N–H and O–H groups in total. The fourth-order valence-electron chi connectivity index (χ4n) is 2.06. The molecule has 0 aliphatic heterocycles. The number of nitrogens with zero attached hydrogens (tertiary/aromatic N) is 1. The molecule has 3 heterocycles. The quantitative estimate of drug-likeness (QED) is 0.633. The number of hydrogen-bond donors (Lipinski definition) is 1. The van der Waals surface area contributed by atoms with E-state index in [1.54, 1.807) is 12.5 Å². The third kappa shape index (κ3) is 3.07. The number of thiophene rings is 1. The lowest BCUT2D eigenvalue weighted by Gasteiger charge is -2.18. The Labute approximate surface area is 136 Å². The van der Waals surface area contributed by atoms with Gasteiger partial charge in [-0.25, -0.2) is 4.98 Å². The van der Waals surface area contributed by atoms with E-state index in [9.17, 15) is 0 Å². The minimum absolute atomic E-state index is 0.155. The molecule has 3 nitrogen and oxygen atoms in total. The molecule has 0 amide bonds. The summed E-state index contributed by atoms with van der Waals surface area (Å²) in [5, 5.41) is 3.85. The summed E-state index contributed by atoms with van der Waals surface area (Å²) in [5.74, 6) is 0.799. The number of anilines is 1. The Morgan fingerprint density at radius 2 is 2.10 bits per heavy atom. The van der Waals surface area contributed by atoms with E-state index in [1.165, 1.54) is 11.3 Å². The zero-order chi connectivity index (χ0) is 14.8. The van der Waals surface area contributed by atoms with Crippen molar-refractivity contribution in [3.05, 3.63) is 68.5 Å². The highest BCUT2D eigenvalue weighted by Gasteiger charge is 2.21. The van der Waals surface area contributed by atoms with Gasteiger partial charge in [-0.1, -0.05) is 23.2 Å². The molecule has 21 heavy (non-hydrogen) atoms. The van der Waals surface area contributed by atoms with Crippen molar-refractivity contribution >= 4 is 40.2 Å². The molecule has 0 aromatic carbocycles. The van der Waals surface area contributed by atoms with Crippen molar-refractivity contribution in [2.45, 2.75) is 13.0 Å². The van der Waals surface area contributed by atoms with Gasteiger partial charge >= 0.3 is 0 Å². The third-order valence-corrected chi connectivity index (χ3v) is 4.69. The van der Waals surface area contributed by atoms with Crippen molar-refractivity contribution in [1.82, 2.24) is 4.98 Å². The fraction of sp³-hybridized carbons (Fsp3) is 0.133. The van der Waals surface area contributed by atoms with Crippen molar-refractivity contribution in [3.8, 4) is 0 Å². The number of aromatic nitrogens is 1. The Morgan fingerprint density at radius 3 is 2.71 bits per heavy atom. The Kier molecular flexibility index (Phi) is 4.19. The number of pyridine rings is 1. The van der Waals surface area contributed by atoms with E-state index >= 15 is 0 Å². The van der Waals surface area contributed by atoms with Gasteiger partial charge in [-0.15, -0.1) is 11.3 Å². The predicted molar refractivity (Wildman–Crippen MR) is 87.5 cm³/mol. The molecule has 0 saturated carbocycles. The average molecular weight is 339 g/mol. The Morgan fingerprint density at radius 1 is 1.24 bits per heavy atom. The lowest BCUT2D eigenvalue weighted by Crippen LogP contribution is -2.11. The van der Waals surface area contributed by atoms with E-state index in [0.717, 1.165) is 26.2 Å². The van der Waals surface area contributed by atoms with Gasteiger partial charge in [0.05, 0.1) is 16.3 Å². The highest BCUT2D eigenvalue weighted by molar-refractivity contribution is 7.16. The minimum Gasteiger partial charge on any atom is -0.467 e. The van der Waals surface area contributed by atoms with Crippen LogP contribution in [0, 0.1) is 6.92 Å². The zero-order valence-corrected chi connectivity index (χ0v) is 13.5. The van der Waals surface area contributed by atoms with Gasteiger partial charge in [0.15, 0.2) is 5.15 Å². The number of halogens is 2. The second-order valence-electron chi connectivity index (χ2n) is 4.53. The Balaban J connectivity index is 2.01. The van der Waals surface area contributed by atoms with Crippen molar-refractivity contribution < 1.29 is 4.42 Å². The highest BCUT2D eigenvalue weighted by Crippen LogP contribution is 2.36. The largest absolute Gasteiger partial charge is 0.467 e. The molecular weight excluding hydrogens is 327 g/mol. The SMILES string of the molecule is Cc1ccnc(Cl)c1NC(c1ccco1)c1ccc(Cl)s1. The smallest absolute Gasteiger partial charge is 0.152 e. The van der Waals surface area contributed by atoms with E-state index in [4.69, 9.17) is 27.6 Å². The minimum atomic E-state index is -0.155. The van der Waals surface area contributed by atoms with Gasteiger partial charge in [0.25, 0.3) is 0 Å². The molecule has 0 aliphatic carbocycles. The van der Waals surface area contributed by atoms with E-state index in [2.05, 4.69) is 10.3 Å². The van der Waals surface area contributed by atoms with Crippen molar-refractivity contribution in [1.29, 1.82) is 0 Å². The molecule has 0 radical (unpaired) electrons. The summed E-state index contributed by atoms with van der Waals surface area (Å²) in [5.41, 5.74) is 1.82. The van der Waals surface area contributed by atoms with Gasteiger partial charge in [-0.2, -0.15) is 0 Å². The van der Waals surface area contributed by atoms with Gasteiger partial charge < -0.3 is 9.73 Å². The van der Waals surface area contributed by atoms with Gasteiger partial charge in [0.2, 0.25) is 0 Å². The summed E-state index contributed by atoms with van der Waals surface area (Å²) in [6.45, 7) is 1.98. The molecule has 3 aromatic heterocycles. The first-order chi connectivity index (χ1) is 10.1. The normalized spacial score (nSPS) is 12.3. The molecular formula is C15H12Cl2N2OS. The lowest BCUT2D eigenvalue weighted by atomic mass is 10.1. The molecule has 0 bridgehead atoms. The molecule has 0 aliphatic rings. The summed E-state index contributed by atoms with van der Waals surface area (Å²) in [6, 6.07) is 9.39. The van der Waals surface area contributed by atoms with Crippen LogP contribution in [0.2, 0.25) is 9.49 Å². The molecule has 3 rings (SSSR count). The highest BCUT2D eigenvalue weighted by atomic mass is 35.5. The first-order valence-electron chi connectivity index (χ1n) is 6.31. The number of furan rings is 1. The zero-order valence-electron chi connectivity index (χ0n) is 11.1. The molecule has 0 spiro atoms. The number of aryl methyl sites for hydroxylation is 1. The van der Waals surface area contributed by atoms with Gasteiger partial charge in [0.1, 0.15) is 11.8 Å². The van der Waals surface area contributed by atoms with Crippen LogP contribution < -0.4 is 5.32 Å². The standard InChI is InChI=1S/C15H12Cl2N2OS/c1-9-6-7-18-15(17)13(9)19-14(10-3-2-8-20-10)11-4-5-12(16)21-11/h2-8,14,19H,1H3. The summed E-state index contributed by atoms with van der Waals surface area (Å²) in [6.07, 6.45) is 3.34. The molecule has 0 saturated heterocycles. The molecule has 1 atom stereocenters. The van der Waals surface area contributed by atoms with Crippen LogP contribution in [-0.2, 0) is 0 Å². The van der Waals surface area contributed by atoms with Gasteiger partial charge in [-0.3, -0.25) is 0 Å². The van der Waals surface area contributed by atoms with Crippen molar-refractivity contribution in [2.75, 3.05) is 5.32 Å². The number of hydrogen-bond acceptors (Lipinski definition) is 4. The maximum Gasteiger partial charge on any atom is 0.152 e. The molecule has 3 aromatic rings. The van der Waals surface area contributed by atoms with Crippen LogP contribution in [-0.4, -0.2) is 4.98 Å². The summed E-state index contributed by atoms with van der Waals surface area (Å²) in [4.78, 5) is 5.17. The predicted octanol–water partition coefficient (Wildman–Crippen LogP) is 5.55. The second-order valence-corrected chi connectivity index (χ2v) is 6.63. The maximum atomic E-state index is 6.20. The monoisotopic (exact) mass is 338 g/mol. The van der Waals surface area contributed by atoms with E-state index in [0.29, 0.717) is 5.15 Å². The van der Waals surface area contributed by atoms with Crippen molar-refractivity contribution in [2.24, 2.45) is 0 Å². The second kappa shape index (κ2) is 6.10. The number of rotatable bonds is 4. The average Bonchev–Trinajstić information content (AvgIpc) is 3.10. The first kappa shape index (κ1) is 14.4. The van der Waals surface area contributed by atoms with Gasteiger partial charge in [-0.05, 0) is 42.8 Å². The lowest BCUT2D eigenvalue weighted by molar-refractivity contribution is 0.500. The topological polar surface area (TPSA) is 38.1 Å².